The van der Waals surface area contributed by atoms with Crippen LogP contribution in [-0.4, -0.2) is 51.3 Å². The number of hydrogen-bond donors (Lipinski definition) is 2. The number of fused-ring (bicyclic) bond motifs is 5. The first-order valence-electron chi connectivity index (χ1n) is 18.6. The highest BCUT2D eigenvalue weighted by Gasteiger charge is 2.83. The minimum atomic E-state index is -1.82. The van der Waals surface area contributed by atoms with Crippen molar-refractivity contribution in [3.63, 3.8) is 0 Å². The summed E-state index contributed by atoms with van der Waals surface area (Å²) >= 11 is 0. The smallest absolute Gasteiger partial charge is 0.306 e. The molecule has 4 aliphatic rings. The predicted molar refractivity (Wildman–Crippen MR) is 184 cm³/mol. The van der Waals surface area contributed by atoms with E-state index in [2.05, 4.69) is 32.9 Å². The van der Waals surface area contributed by atoms with E-state index in [1.807, 2.05) is 13.0 Å². The van der Waals surface area contributed by atoms with Gasteiger partial charge in [0, 0.05) is 42.9 Å². The van der Waals surface area contributed by atoms with Gasteiger partial charge in [0.1, 0.15) is 17.8 Å². The Balaban J connectivity index is 1.28. The van der Waals surface area contributed by atoms with E-state index in [4.69, 9.17) is 9.47 Å². The van der Waals surface area contributed by atoms with Gasteiger partial charge < -0.3 is 19.7 Å². The van der Waals surface area contributed by atoms with Crippen molar-refractivity contribution in [3.8, 4) is 0 Å². The summed E-state index contributed by atoms with van der Waals surface area (Å²) in [6.45, 7) is 11.3. The summed E-state index contributed by atoms with van der Waals surface area (Å²) in [4.78, 5) is 38.4. The first-order chi connectivity index (χ1) is 22.3. The van der Waals surface area contributed by atoms with Gasteiger partial charge in [-0.3, -0.25) is 14.4 Å². The van der Waals surface area contributed by atoms with Crippen molar-refractivity contribution in [2.24, 2.45) is 29.1 Å². The molecular formula is C40H62O7. The average molecular weight is 655 g/mol. The molecule has 2 fully saturated rings. The number of hydrogen-bond acceptors (Lipinski definition) is 7. The fourth-order valence-corrected chi connectivity index (χ4v) is 9.43. The van der Waals surface area contributed by atoms with Crippen molar-refractivity contribution in [2.45, 2.75) is 161 Å². The van der Waals surface area contributed by atoms with Crippen molar-refractivity contribution >= 4 is 17.7 Å². The van der Waals surface area contributed by atoms with Crippen molar-refractivity contribution in [1.29, 1.82) is 0 Å². The maximum absolute atomic E-state index is 13.4. The first-order valence-corrected chi connectivity index (χ1v) is 18.6. The van der Waals surface area contributed by atoms with Crippen LogP contribution in [0.3, 0.4) is 0 Å². The maximum Gasteiger partial charge on any atom is 0.306 e. The van der Waals surface area contributed by atoms with E-state index in [9.17, 15) is 24.6 Å². The number of aliphatic hydroxyl groups is 2. The van der Waals surface area contributed by atoms with Crippen LogP contribution in [0.2, 0.25) is 0 Å². The Bertz CT molecular complexity index is 1230. The van der Waals surface area contributed by atoms with Crippen LogP contribution in [0.1, 0.15) is 144 Å². The fraction of sp³-hybridized carbons (Fsp3) is 0.775. The molecule has 0 spiro atoms. The third kappa shape index (κ3) is 7.66. The molecule has 0 aromatic heterocycles. The van der Waals surface area contributed by atoms with Crippen molar-refractivity contribution in [2.75, 3.05) is 6.61 Å². The molecule has 4 aliphatic carbocycles. The molecule has 0 saturated heterocycles. The topological polar surface area (TPSA) is 110 Å². The Morgan fingerprint density at radius 2 is 1.53 bits per heavy atom. The van der Waals surface area contributed by atoms with E-state index in [-0.39, 0.29) is 42.6 Å². The lowest BCUT2D eigenvalue weighted by Gasteiger charge is -2.50. The van der Waals surface area contributed by atoms with Crippen molar-refractivity contribution in [1.82, 2.24) is 0 Å². The predicted octanol–water partition coefficient (Wildman–Crippen LogP) is 8.12. The highest BCUT2D eigenvalue weighted by Crippen LogP contribution is 2.76. The summed E-state index contributed by atoms with van der Waals surface area (Å²) in [7, 11) is 0. The van der Waals surface area contributed by atoms with Gasteiger partial charge in [0.2, 0.25) is 0 Å². The quantitative estimate of drug-likeness (QED) is 0.0873. The summed E-state index contributed by atoms with van der Waals surface area (Å²) < 4.78 is 11.7. The standard InChI is InChI=1S/C40H62O7/c1-7-8-9-10-11-12-13-14-15-16-17-18-19-20-21-22-34(42)46-27-31-24-32-35-37(5,6)39(35,47-30(4)41)25-29(3)40(32,45)33-23-28(2)36(43)38(33,44)26-31/h14-15,23-24,29,32-33,35,44-45H,7-13,16-22,25-27H2,1-6H3/t29-,32+,33-,35-,38-,39+,40-/m1/s1. The lowest BCUT2D eigenvalue weighted by Crippen LogP contribution is -2.61. The monoisotopic (exact) mass is 654 g/mol. The van der Waals surface area contributed by atoms with Crippen molar-refractivity contribution in [3.05, 3.63) is 35.5 Å². The maximum atomic E-state index is 13.4. The van der Waals surface area contributed by atoms with E-state index in [1.54, 1.807) is 13.0 Å². The highest BCUT2D eigenvalue weighted by molar-refractivity contribution is 6.04. The second-order valence-electron chi connectivity index (χ2n) is 15.8. The fourth-order valence-electron chi connectivity index (χ4n) is 9.43. The van der Waals surface area contributed by atoms with E-state index in [1.165, 1.54) is 58.3 Å². The number of esters is 2. The van der Waals surface area contributed by atoms with Crippen LogP contribution >= 0.6 is 0 Å². The van der Waals surface area contributed by atoms with Crippen LogP contribution in [0.4, 0.5) is 0 Å². The van der Waals surface area contributed by atoms with Gasteiger partial charge in [-0.1, -0.05) is 103 Å². The van der Waals surface area contributed by atoms with Crippen LogP contribution < -0.4 is 0 Å². The lowest BCUT2D eigenvalue weighted by molar-refractivity contribution is -0.186. The number of carbonyl (C=O) groups excluding carboxylic acids is 3. The Hall–Kier alpha value is -2.25. The Kier molecular flexibility index (Phi) is 12.4. The molecule has 0 radical (unpaired) electrons. The van der Waals surface area contributed by atoms with Gasteiger partial charge in [0.05, 0.1) is 5.60 Å². The molecule has 0 aromatic carbocycles. The minimum Gasteiger partial charge on any atom is -0.461 e. The Labute approximate surface area is 283 Å². The zero-order chi connectivity index (χ0) is 34.5. The number of unbranched alkanes of at least 4 members (excludes halogenated alkanes) is 11. The van der Waals surface area contributed by atoms with E-state index >= 15 is 0 Å². The van der Waals surface area contributed by atoms with E-state index < -0.39 is 34.1 Å². The van der Waals surface area contributed by atoms with Crippen LogP contribution in [-0.2, 0) is 23.9 Å². The van der Waals surface area contributed by atoms with Gasteiger partial charge in [-0.2, -0.15) is 0 Å². The molecule has 0 aromatic rings. The molecule has 2 N–H and O–H groups in total. The molecule has 7 atom stereocenters. The zero-order valence-corrected chi connectivity index (χ0v) is 30.1. The SMILES string of the molecule is CCCCCCCCC=CCCCCCCCC(=O)OCC1=C[C@H]2[C@@H]3C(C)(C)[C@]3(OC(C)=O)C[C@@H](C)[C@]2(O)[C@@H]2C=C(C)C(=O)[C@@]2(O)C1. The number of rotatable bonds is 18. The number of Topliss-reactive ketones (excluding diaryl/α,β-unsaturated/α-hetero) is 1. The van der Waals surface area contributed by atoms with Crippen LogP contribution in [0.5, 0.6) is 0 Å². The Morgan fingerprint density at radius 1 is 0.936 bits per heavy atom. The summed E-state index contributed by atoms with van der Waals surface area (Å²) in [5.41, 5.74) is -3.33. The van der Waals surface area contributed by atoms with E-state index in [0.29, 0.717) is 24.0 Å². The Morgan fingerprint density at radius 3 is 2.15 bits per heavy atom. The average Bonchev–Trinajstić information content (AvgIpc) is 3.41. The normalized spacial score (nSPS) is 33.7. The largest absolute Gasteiger partial charge is 0.461 e. The molecule has 4 rings (SSSR count). The number of ether oxygens (including phenoxy) is 2. The molecule has 0 unspecified atom stereocenters. The second-order valence-corrected chi connectivity index (χ2v) is 15.8. The summed E-state index contributed by atoms with van der Waals surface area (Å²) in [5, 5.41) is 24.5. The molecule has 0 aliphatic heterocycles. The number of carbonyl (C=O) groups is 3. The molecule has 0 bridgehead atoms. The summed E-state index contributed by atoms with van der Waals surface area (Å²) in [6, 6.07) is 0. The minimum absolute atomic E-state index is 0.00965. The third-order valence-electron chi connectivity index (χ3n) is 12.1. The van der Waals surface area contributed by atoms with Crippen LogP contribution in [0, 0.1) is 29.1 Å². The van der Waals surface area contributed by atoms with Gasteiger partial charge in [0.25, 0.3) is 0 Å². The van der Waals surface area contributed by atoms with E-state index in [0.717, 1.165) is 32.1 Å². The van der Waals surface area contributed by atoms with Gasteiger partial charge in [-0.05, 0) is 62.5 Å². The molecule has 0 heterocycles. The highest BCUT2D eigenvalue weighted by atomic mass is 16.6. The van der Waals surface area contributed by atoms with Gasteiger partial charge >= 0.3 is 11.9 Å². The van der Waals surface area contributed by atoms with Gasteiger partial charge in [-0.25, -0.2) is 0 Å². The molecular weight excluding hydrogens is 592 g/mol. The molecule has 2 saturated carbocycles. The van der Waals surface area contributed by atoms with Gasteiger partial charge in [-0.15, -0.1) is 0 Å². The summed E-state index contributed by atoms with van der Waals surface area (Å²) in [6.07, 6.45) is 24.5. The zero-order valence-electron chi connectivity index (χ0n) is 30.1. The van der Waals surface area contributed by atoms with Crippen LogP contribution in [0.25, 0.3) is 0 Å². The lowest BCUT2D eigenvalue weighted by atomic mass is 9.60. The second kappa shape index (κ2) is 15.5. The first kappa shape index (κ1) is 37.6. The number of ketones is 1. The summed E-state index contributed by atoms with van der Waals surface area (Å²) in [5.74, 6) is -2.91. The molecule has 47 heavy (non-hydrogen) atoms. The molecule has 264 valence electrons. The molecule has 7 heteroatoms. The molecule has 7 nitrogen and oxygen atoms in total. The number of allylic oxidation sites excluding steroid dienone is 2. The van der Waals surface area contributed by atoms with Gasteiger partial charge in [0.15, 0.2) is 5.78 Å². The third-order valence-corrected chi connectivity index (χ3v) is 12.1. The molecule has 0 amide bonds. The van der Waals surface area contributed by atoms with Crippen molar-refractivity contribution < 1.29 is 34.1 Å². The van der Waals surface area contributed by atoms with Crippen LogP contribution in [0.15, 0.2) is 35.5 Å².